The molecule has 0 fully saturated rings. The third-order valence-electron chi connectivity index (χ3n) is 2.45. The summed E-state index contributed by atoms with van der Waals surface area (Å²) in [5.74, 6) is 0.133. The summed E-state index contributed by atoms with van der Waals surface area (Å²) in [5, 5.41) is 6.03. The fourth-order valence-corrected chi connectivity index (χ4v) is 1.10. The number of carbonyl (C=O) groups is 1. The van der Waals surface area contributed by atoms with Gasteiger partial charge in [-0.1, -0.05) is 6.92 Å². The molecule has 0 bridgehead atoms. The molecule has 0 aromatic heterocycles. The van der Waals surface area contributed by atoms with Crippen LogP contribution in [0.3, 0.4) is 0 Å². The van der Waals surface area contributed by atoms with Crippen molar-refractivity contribution >= 4 is 5.91 Å². The summed E-state index contributed by atoms with van der Waals surface area (Å²) in [7, 11) is 2.06. The topological polar surface area (TPSA) is 44.4 Å². The molecule has 0 aromatic carbocycles. The molecule has 1 amide bonds. The largest absolute Gasteiger partial charge is 0.355 e. The molecule has 15 heavy (non-hydrogen) atoms. The Kier molecular flexibility index (Phi) is 8.33. The lowest BCUT2D eigenvalue weighted by molar-refractivity contribution is -0.121. The molecule has 0 saturated carbocycles. The van der Waals surface area contributed by atoms with Crippen molar-refractivity contribution in [3.8, 4) is 0 Å². The molecule has 0 aliphatic rings. The lowest BCUT2D eigenvalue weighted by Crippen LogP contribution is -2.36. The van der Waals surface area contributed by atoms with Crippen molar-refractivity contribution in [2.75, 3.05) is 33.2 Å². The van der Waals surface area contributed by atoms with Gasteiger partial charge < -0.3 is 15.5 Å². The number of hydrogen-bond donors (Lipinski definition) is 2. The SMILES string of the molecule is CCNCCC(=O)NCCN(C)C(C)C. The molecule has 0 unspecified atom stereocenters. The van der Waals surface area contributed by atoms with Gasteiger partial charge in [0.05, 0.1) is 0 Å². The Hall–Kier alpha value is -0.610. The van der Waals surface area contributed by atoms with Crippen molar-refractivity contribution in [3.05, 3.63) is 0 Å². The van der Waals surface area contributed by atoms with Gasteiger partial charge in [-0.2, -0.15) is 0 Å². The van der Waals surface area contributed by atoms with E-state index in [0.29, 0.717) is 12.5 Å². The van der Waals surface area contributed by atoms with Gasteiger partial charge in [0.15, 0.2) is 0 Å². The summed E-state index contributed by atoms with van der Waals surface area (Å²) < 4.78 is 0. The van der Waals surface area contributed by atoms with Crippen LogP contribution >= 0.6 is 0 Å². The van der Waals surface area contributed by atoms with Crippen LogP contribution in [0.15, 0.2) is 0 Å². The summed E-state index contributed by atoms with van der Waals surface area (Å²) in [6, 6.07) is 0.531. The average molecular weight is 215 g/mol. The Morgan fingerprint density at radius 2 is 2.00 bits per heavy atom. The summed E-state index contributed by atoms with van der Waals surface area (Å²) in [6.45, 7) is 9.66. The number of hydrogen-bond acceptors (Lipinski definition) is 3. The Morgan fingerprint density at radius 3 is 2.53 bits per heavy atom. The van der Waals surface area contributed by atoms with E-state index in [9.17, 15) is 4.79 Å². The van der Waals surface area contributed by atoms with Gasteiger partial charge in [0, 0.05) is 32.1 Å². The fraction of sp³-hybridized carbons (Fsp3) is 0.909. The second kappa shape index (κ2) is 8.68. The number of carbonyl (C=O) groups excluding carboxylic acids is 1. The van der Waals surface area contributed by atoms with Crippen LogP contribution in [-0.4, -0.2) is 50.1 Å². The van der Waals surface area contributed by atoms with Crippen molar-refractivity contribution < 1.29 is 4.79 Å². The van der Waals surface area contributed by atoms with Crippen LogP contribution in [0.1, 0.15) is 27.2 Å². The highest BCUT2D eigenvalue weighted by Gasteiger charge is 2.03. The first-order valence-corrected chi connectivity index (χ1v) is 5.75. The number of likely N-dealkylation sites (N-methyl/N-ethyl adjacent to an activating group) is 1. The number of nitrogens with zero attached hydrogens (tertiary/aromatic N) is 1. The standard InChI is InChI=1S/C11H25N3O/c1-5-12-7-6-11(15)13-8-9-14(4)10(2)3/h10,12H,5-9H2,1-4H3,(H,13,15). The normalized spacial score (nSPS) is 11.1. The fourth-order valence-electron chi connectivity index (χ4n) is 1.10. The van der Waals surface area contributed by atoms with Crippen LogP contribution in [0.4, 0.5) is 0 Å². The number of nitrogens with one attached hydrogen (secondary N) is 2. The van der Waals surface area contributed by atoms with Crippen LogP contribution in [0, 0.1) is 0 Å². The van der Waals surface area contributed by atoms with Crippen LogP contribution in [0.2, 0.25) is 0 Å². The molecular weight excluding hydrogens is 190 g/mol. The maximum Gasteiger partial charge on any atom is 0.221 e. The number of rotatable bonds is 8. The van der Waals surface area contributed by atoms with Crippen LogP contribution in [0.25, 0.3) is 0 Å². The van der Waals surface area contributed by atoms with Gasteiger partial charge in [0.1, 0.15) is 0 Å². The highest BCUT2D eigenvalue weighted by atomic mass is 16.1. The van der Waals surface area contributed by atoms with Crippen LogP contribution < -0.4 is 10.6 Å². The first-order chi connectivity index (χ1) is 7.07. The Labute approximate surface area is 93.4 Å². The third kappa shape index (κ3) is 8.39. The molecule has 0 rings (SSSR count). The quantitative estimate of drug-likeness (QED) is 0.578. The van der Waals surface area contributed by atoms with E-state index in [1.165, 1.54) is 0 Å². The van der Waals surface area contributed by atoms with Crippen molar-refractivity contribution in [2.45, 2.75) is 33.2 Å². The maximum atomic E-state index is 11.3. The van der Waals surface area contributed by atoms with Gasteiger partial charge in [-0.05, 0) is 27.4 Å². The Morgan fingerprint density at radius 1 is 1.33 bits per heavy atom. The van der Waals surface area contributed by atoms with Gasteiger partial charge in [-0.25, -0.2) is 0 Å². The summed E-state index contributed by atoms with van der Waals surface area (Å²) in [6.07, 6.45) is 0.569. The van der Waals surface area contributed by atoms with E-state index >= 15 is 0 Å². The molecule has 0 radical (unpaired) electrons. The van der Waals surface area contributed by atoms with E-state index < -0.39 is 0 Å². The molecule has 0 spiro atoms. The van der Waals surface area contributed by atoms with E-state index in [1.807, 2.05) is 6.92 Å². The first kappa shape index (κ1) is 14.4. The van der Waals surface area contributed by atoms with E-state index in [4.69, 9.17) is 0 Å². The van der Waals surface area contributed by atoms with Crippen molar-refractivity contribution in [2.24, 2.45) is 0 Å². The highest BCUT2D eigenvalue weighted by molar-refractivity contribution is 5.76. The van der Waals surface area contributed by atoms with Crippen LogP contribution in [-0.2, 0) is 4.79 Å². The van der Waals surface area contributed by atoms with Gasteiger partial charge in [-0.3, -0.25) is 4.79 Å². The van der Waals surface area contributed by atoms with E-state index in [0.717, 1.165) is 26.2 Å². The van der Waals surface area contributed by atoms with Crippen molar-refractivity contribution in [1.29, 1.82) is 0 Å². The van der Waals surface area contributed by atoms with Crippen molar-refractivity contribution in [1.82, 2.24) is 15.5 Å². The van der Waals surface area contributed by atoms with E-state index in [-0.39, 0.29) is 5.91 Å². The maximum absolute atomic E-state index is 11.3. The van der Waals surface area contributed by atoms with Crippen LogP contribution in [0.5, 0.6) is 0 Å². The predicted molar refractivity (Wildman–Crippen MR) is 63.9 cm³/mol. The smallest absolute Gasteiger partial charge is 0.221 e. The minimum atomic E-state index is 0.133. The van der Waals surface area contributed by atoms with Gasteiger partial charge in [-0.15, -0.1) is 0 Å². The monoisotopic (exact) mass is 215 g/mol. The molecule has 0 aromatic rings. The minimum Gasteiger partial charge on any atom is -0.355 e. The molecule has 0 aliphatic heterocycles. The lowest BCUT2D eigenvalue weighted by Gasteiger charge is -2.20. The zero-order valence-corrected chi connectivity index (χ0v) is 10.5. The molecule has 2 N–H and O–H groups in total. The zero-order chi connectivity index (χ0) is 11.7. The Bertz CT molecular complexity index is 171. The highest BCUT2D eigenvalue weighted by Crippen LogP contribution is 1.90. The van der Waals surface area contributed by atoms with Gasteiger partial charge in [0.25, 0.3) is 0 Å². The van der Waals surface area contributed by atoms with Gasteiger partial charge in [0.2, 0.25) is 5.91 Å². The third-order valence-corrected chi connectivity index (χ3v) is 2.45. The minimum absolute atomic E-state index is 0.133. The second-order valence-corrected chi connectivity index (χ2v) is 4.03. The number of amides is 1. The van der Waals surface area contributed by atoms with Gasteiger partial charge >= 0.3 is 0 Å². The summed E-state index contributed by atoms with van der Waals surface area (Å²) in [5.41, 5.74) is 0. The van der Waals surface area contributed by atoms with Crippen molar-refractivity contribution in [3.63, 3.8) is 0 Å². The lowest BCUT2D eigenvalue weighted by atomic mass is 10.3. The molecule has 4 nitrogen and oxygen atoms in total. The molecule has 0 saturated heterocycles. The molecule has 0 atom stereocenters. The second-order valence-electron chi connectivity index (χ2n) is 4.03. The van der Waals surface area contributed by atoms with E-state index in [2.05, 4.69) is 36.4 Å². The molecule has 90 valence electrons. The molecule has 0 aliphatic carbocycles. The average Bonchev–Trinajstić information content (AvgIpc) is 2.18. The molecule has 0 heterocycles. The summed E-state index contributed by atoms with van der Waals surface area (Å²) in [4.78, 5) is 13.5. The predicted octanol–water partition coefficient (Wildman–Crippen LogP) is 0.442. The molecular formula is C11H25N3O. The molecule has 4 heteroatoms. The Balaban J connectivity index is 3.38. The van der Waals surface area contributed by atoms with E-state index in [1.54, 1.807) is 0 Å². The summed E-state index contributed by atoms with van der Waals surface area (Å²) >= 11 is 0. The first-order valence-electron chi connectivity index (χ1n) is 5.75. The zero-order valence-electron chi connectivity index (χ0n) is 10.5.